The van der Waals surface area contributed by atoms with Crippen LogP contribution in [0.4, 0.5) is 0 Å². The smallest absolute Gasteiger partial charge is 0.261 e. The van der Waals surface area contributed by atoms with Crippen molar-refractivity contribution in [2.75, 3.05) is 6.61 Å². The summed E-state index contributed by atoms with van der Waals surface area (Å²) < 4.78 is 19.6. The van der Waals surface area contributed by atoms with Gasteiger partial charge in [0.05, 0.1) is 12.2 Å². The first-order valence-corrected chi connectivity index (χ1v) is 13.3. The maximum absolute atomic E-state index is 10.9. The van der Waals surface area contributed by atoms with Crippen molar-refractivity contribution >= 4 is 18.7 Å². The molecule has 0 bridgehead atoms. The van der Waals surface area contributed by atoms with Crippen LogP contribution in [0.25, 0.3) is 0 Å². The van der Waals surface area contributed by atoms with E-state index in [4.69, 9.17) is 13.9 Å². The molecule has 5 rings (SSSR count). The first-order chi connectivity index (χ1) is 14.6. The largest absolute Gasteiger partial charge is 0.407 e. The molecular weight excluding hydrogens is 404 g/mol. The van der Waals surface area contributed by atoms with Crippen molar-refractivity contribution in [1.29, 1.82) is 0 Å². The van der Waals surface area contributed by atoms with E-state index < -0.39 is 20.2 Å². The zero-order chi connectivity index (χ0) is 22.1. The maximum atomic E-state index is 10.9. The Hall–Kier alpha value is -1.50. The number of aliphatic hydroxyl groups is 1. The van der Waals surface area contributed by atoms with Gasteiger partial charge >= 0.3 is 0 Å². The van der Waals surface area contributed by atoms with Crippen molar-refractivity contribution in [2.24, 2.45) is 11.3 Å². The number of fused-ring (bicyclic) bond motifs is 3. The molecule has 2 saturated carbocycles. The van der Waals surface area contributed by atoms with E-state index >= 15 is 0 Å². The lowest BCUT2D eigenvalue weighted by Crippen LogP contribution is -2.67. The quantitative estimate of drug-likeness (QED) is 0.727. The lowest BCUT2D eigenvalue weighted by Gasteiger charge is -2.44. The summed E-state index contributed by atoms with van der Waals surface area (Å²) in [5, 5.41) is 13.4. The van der Waals surface area contributed by atoms with Gasteiger partial charge in [0.15, 0.2) is 5.79 Å². The number of rotatable bonds is 5. The molecular formula is C26H34O4Si. The van der Waals surface area contributed by atoms with Crippen LogP contribution in [-0.4, -0.2) is 44.1 Å². The van der Waals surface area contributed by atoms with Gasteiger partial charge in [-0.15, -0.1) is 0 Å². The summed E-state index contributed by atoms with van der Waals surface area (Å²) in [6.45, 7) is 11.4. The highest BCUT2D eigenvalue weighted by Crippen LogP contribution is 2.68. The Morgan fingerprint density at radius 1 is 0.968 bits per heavy atom. The average Bonchev–Trinajstić information content (AvgIpc) is 3.31. The first-order valence-electron chi connectivity index (χ1n) is 11.4. The van der Waals surface area contributed by atoms with E-state index in [2.05, 4.69) is 81.4 Å². The molecule has 3 aliphatic rings. The maximum Gasteiger partial charge on any atom is 0.261 e. The van der Waals surface area contributed by atoms with Crippen LogP contribution in [0.5, 0.6) is 0 Å². The monoisotopic (exact) mass is 438 g/mol. The molecule has 2 aliphatic carbocycles. The molecule has 0 aromatic heterocycles. The molecule has 0 spiro atoms. The average molecular weight is 439 g/mol. The highest BCUT2D eigenvalue weighted by atomic mass is 28.4. The molecule has 0 unspecified atom stereocenters. The van der Waals surface area contributed by atoms with Gasteiger partial charge in [0, 0.05) is 12.0 Å². The number of hydrogen-bond acceptors (Lipinski definition) is 4. The summed E-state index contributed by atoms with van der Waals surface area (Å²) in [6.07, 6.45) is 0.0965. The molecule has 1 saturated heterocycles. The molecule has 3 fully saturated rings. The zero-order valence-corrected chi connectivity index (χ0v) is 20.2. The van der Waals surface area contributed by atoms with Crippen molar-refractivity contribution in [3.05, 3.63) is 60.7 Å². The number of benzene rings is 2. The number of ether oxygens (including phenoxy) is 2. The Morgan fingerprint density at radius 2 is 1.52 bits per heavy atom. The predicted molar refractivity (Wildman–Crippen MR) is 124 cm³/mol. The first kappa shape index (κ1) is 21.3. The molecule has 1 heterocycles. The fourth-order valence-corrected chi connectivity index (χ4v) is 10.7. The minimum Gasteiger partial charge on any atom is -0.407 e. The van der Waals surface area contributed by atoms with Crippen LogP contribution in [0.3, 0.4) is 0 Å². The third-order valence-electron chi connectivity index (χ3n) is 7.60. The lowest BCUT2D eigenvalue weighted by molar-refractivity contribution is -0.168. The topological polar surface area (TPSA) is 47.9 Å². The van der Waals surface area contributed by atoms with Crippen LogP contribution in [0.15, 0.2) is 60.7 Å². The summed E-state index contributed by atoms with van der Waals surface area (Å²) in [6, 6.07) is 21.4. The van der Waals surface area contributed by atoms with E-state index in [0.29, 0.717) is 6.61 Å². The van der Waals surface area contributed by atoms with Gasteiger partial charge in [0.2, 0.25) is 0 Å². The number of aliphatic hydroxyl groups excluding tert-OH is 1. The van der Waals surface area contributed by atoms with E-state index in [1.807, 2.05) is 13.8 Å². The molecule has 31 heavy (non-hydrogen) atoms. The molecule has 0 amide bonds. The molecule has 1 N–H and O–H groups in total. The lowest BCUT2D eigenvalue weighted by atomic mass is 10.0. The fourth-order valence-electron chi connectivity index (χ4n) is 6.10. The van der Waals surface area contributed by atoms with Crippen LogP contribution >= 0.6 is 0 Å². The van der Waals surface area contributed by atoms with E-state index in [1.165, 1.54) is 10.4 Å². The minimum atomic E-state index is -2.62. The van der Waals surface area contributed by atoms with Gasteiger partial charge in [-0.3, -0.25) is 0 Å². The normalized spacial score (nSPS) is 33.7. The molecule has 5 heteroatoms. The van der Waals surface area contributed by atoms with Crippen LogP contribution < -0.4 is 10.4 Å². The standard InChI is InChI=1S/C26H34O4Si/c1-24(2,3)31(18-12-8-6-9-13-18,19-14-10-7-11-15-19)28-17-26-16-20(26)21(27)22-23(26)30-25(4,5)29-22/h6-15,20-23,27H,16-17H2,1-5H3/t20-,21+,22+,23+,26+/m1/s1. The van der Waals surface area contributed by atoms with Gasteiger partial charge in [-0.2, -0.15) is 0 Å². The molecule has 5 atom stereocenters. The SMILES string of the molecule is CC1(C)O[C@H]2[C@@H](O)[C@H]3C[C@@]3(CO[Si](c3ccccc3)(c3ccccc3)C(C)(C)C)[C@H]2O1. The highest BCUT2D eigenvalue weighted by Gasteiger charge is 2.76. The summed E-state index contributed by atoms with van der Waals surface area (Å²) in [7, 11) is -2.62. The molecule has 1 aliphatic heterocycles. The Balaban J connectivity index is 1.54. The van der Waals surface area contributed by atoms with E-state index in [9.17, 15) is 5.11 Å². The number of hydrogen-bond donors (Lipinski definition) is 1. The minimum absolute atomic E-state index is 0.0698. The second-order valence-electron chi connectivity index (χ2n) is 11.0. The third-order valence-corrected chi connectivity index (χ3v) is 12.6. The van der Waals surface area contributed by atoms with Crippen molar-refractivity contribution in [3.63, 3.8) is 0 Å². The molecule has 0 radical (unpaired) electrons. The van der Waals surface area contributed by atoms with Gasteiger partial charge in [0.25, 0.3) is 8.32 Å². The van der Waals surface area contributed by atoms with Crippen LogP contribution in [0.1, 0.15) is 41.0 Å². The van der Waals surface area contributed by atoms with Crippen LogP contribution in [0, 0.1) is 11.3 Å². The van der Waals surface area contributed by atoms with Gasteiger partial charge in [0.1, 0.15) is 6.10 Å². The second kappa shape index (κ2) is 7.00. The molecule has 4 nitrogen and oxygen atoms in total. The molecule has 166 valence electrons. The van der Waals surface area contributed by atoms with Crippen molar-refractivity contribution in [2.45, 2.75) is 70.2 Å². The van der Waals surface area contributed by atoms with Gasteiger partial charge in [-0.05, 0) is 41.6 Å². The van der Waals surface area contributed by atoms with Gasteiger partial charge < -0.3 is 19.0 Å². The Labute approximate surface area is 186 Å². The highest BCUT2D eigenvalue weighted by molar-refractivity contribution is 6.99. The summed E-state index contributed by atoms with van der Waals surface area (Å²) in [5.74, 6) is -0.467. The Bertz CT molecular complexity index is 899. The van der Waals surface area contributed by atoms with Crippen molar-refractivity contribution in [1.82, 2.24) is 0 Å². The second-order valence-corrected chi connectivity index (χ2v) is 15.3. The Morgan fingerprint density at radius 3 is 2.03 bits per heavy atom. The van der Waals surface area contributed by atoms with Gasteiger partial charge in [-0.1, -0.05) is 81.4 Å². The van der Waals surface area contributed by atoms with Crippen LogP contribution in [0.2, 0.25) is 5.04 Å². The third kappa shape index (κ3) is 3.17. The molecule has 2 aromatic carbocycles. The Kier molecular flexibility index (Phi) is 4.82. The predicted octanol–water partition coefficient (Wildman–Crippen LogP) is 3.46. The van der Waals surface area contributed by atoms with Crippen molar-refractivity contribution < 1.29 is 19.0 Å². The van der Waals surface area contributed by atoms with Gasteiger partial charge in [-0.25, -0.2) is 0 Å². The fraction of sp³-hybridized carbons (Fsp3) is 0.538. The zero-order valence-electron chi connectivity index (χ0n) is 19.2. The van der Waals surface area contributed by atoms with E-state index in [-0.39, 0.29) is 28.6 Å². The van der Waals surface area contributed by atoms with Crippen LogP contribution in [-0.2, 0) is 13.9 Å². The van der Waals surface area contributed by atoms with E-state index in [0.717, 1.165) is 6.42 Å². The van der Waals surface area contributed by atoms with E-state index in [1.54, 1.807) is 0 Å². The summed E-state index contributed by atoms with van der Waals surface area (Å²) in [5.41, 5.74) is -0.162. The molecule has 2 aromatic rings. The van der Waals surface area contributed by atoms with Crippen molar-refractivity contribution in [3.8, 4) is 0 Å². The summed E-state index contributed by atoms with van der Waals surface area (Å²) >= 11 is 0. The summed E-state index contributed by atoms with van der Waals surface area (Å²) in [4.78, 5) is 0.